The molecule has 1 N–H and O–H groups in total. The van der Waals surface area contributed by atoms with Crippen LogP contribution >= 0.6 is 0 Å². The van der Waals surface area contributed by atoms with Gasteiger partial charge in [0.1, 0.15) is 6.04 Å². The standard InChI is InChI=1S/C32H38F3N7O3/c1-7-22-18-42(28-26-24(39(6)30(44)38-28)13-14-25(36-5)37-26)23(8-2)17-41(22)27(19-9-11-20(12-10-19)32(33,34)35)29(43)40-15-21(16-40)31(3,4)45/h9-14,21-23,27,45H,7-8,15-18H2,1-4,6H3/t22-,23+,27?/m1/s1. The van der Waals surface area contributed by atoms with E-state index >= 15 is 0 Å². The largest absolute Gasteiger partial charge is 0.416 e. The number of hydrogen-bond donors (Lipinski definition) is 1. The molecule has 2 aliphatic heterocycles. The molecule has 0 aliphatic carbocycles. The number of rotatable bonds is 7. The van der Waals surface area contributed by atoms with E-state index in [1.165, 1.54) is 16.7 Å². The Hall–Kier alpha value is -4.02. The van der Waals surface area contributed by atoms with Crippen LogP contribution in [0.4, 0.5) is 24.8 Å². The van der Waals surface area contributed by atoms with Crippen molar-refractivity contribution < 1.29 is 23.1 Å². The molecule has 1 unspecified atom stereocenters. The van der Waals surface area contributed by atoms with E-state index in [1.54, 1.807) is 37.9 Å². The Morgan fingerprint density at radius 2 is 1.67 bits per heavy atom. The lowest BCUT2D eigenvalue weighted by atomic mass is 9.83. The monoisotopic (exact) mass is 625 g/mol. The van der Waals surface area contributed by atoms with Crippen molar-refractivity contribution in [3.8, 4) is 0 Å². The second-order valence-electron chi connectivity index (χ2n) is 12.5. The molecule has 2 saturated heterocycles. The zero-order chi connectivity index (χ0) is 32.8. The minimum atomic E-state index is -4.51. The van der Waals surface area contributed by atoms with Gasteiger partial charge >= 0.3 is 11.9 Å². The van der Waals surface area contributed by atoms with Crippen LogP contribution in [0.1, 0.15) is 57.7 Å². The minimum Gasteiger partial charge on any atom is -0.390 e. The number of aliphatic hydroxyl groups is 1. The summed E-state index contributed by atoms with van der Waals surface area (Å²) in [6.45, 7) is 16.3. The summed E-state index contributed by atoms with van der Waals surface area (Å²) in [6, 6.07) is 6.71. The second kappa shape index (κ2) is 12.1. The number of fused-ring (bicyclic) bond motifs is 1. The number of benzene rings is 1. The van der Waals surface area contributed by atoms with E-state index < -0.39 is 29.1 Å². The summed E-state index contributed by atoms with van der Waals surface area (Å²) in [5.41, 5.74) is -0.781. The molecule has 2 aliphatic rings. The molecule has 3 aromatic rings. The van der Waals surface area contributed by atoms with Gasteiger partial charge in [0.2, 0.25) is 11.4 Å². The molecule has 3 atom stereocenters. The third-order valence-electron chi connectivity index (χ3n) is 9.30. The molecular weight excluding hydrogens is 587 g/mol. The summed E-state index contributed by atoms with van der Waals surface area (Å²) >= 11 is 0. The molecule has 0 radical (unpaired) electrons. The van der Waals surface area contributed by atoms with Gasteiger partial charge in [-0.2, -0.15) is 18.2 Å². The van der Waals surface area contributed by atoms with Crippen LogP contribution in [-0.4, -0.2) is 79.2 Å². The Kier molecular flexibility index (Phi) is 8.67. The number of likely N-dealkylation sites (tertiary alicyclic amines) is 1. The molecule has 2 aromatic heterocycles. The highest BCUT2D eigenvalue weighted by molar-refractivity contribution is 5.88. The van der Waals surface area contributed by atoms with Crippen molar-refractivity contribution in [2.75, 3.05) is 31.1 Å². The maximum atomic E-state index is 14.2. The van der Waals surface area contributed by atoms with Crippen molar-refractivity contribution in [1.29, 1.82) is 0 Å². The fourth-order valence-electron chi connectivity index (χ4n) is 6.33. The van der Waals surface area contributed by atoms with Gasteiger partial charge in [0.15, 0.2) is 5.82 Å². The van der Waals surface area contributed by atoms with E-state index in [-0.39, 0.29) is 29.7 Å². The van der Waals surface area contributed by atoms with E-state index in [4.69, 9.17) is 6.57 Å². The highest BCUT2D eigenvalue weighted by Crippen LogP contribution is 2.38. The molecule has 1 aromatic carbocycles. The maximum absolute atomic E-state index is 14.2. The molecule has 0 spiro atoms. The van der Waals surface area contributed by atoms with E-state index in [9.17, 15) is 27.9 Å². The van der Waals surface area contributed by atoms with Gasteiger partial charge in [0.25, 0.3) is 5.82 Å². The van der Waals surface area contributed by atoms with E-state index in [1.807, 2.05) is 18.7 Å². The second-order valence-corrected chi connectivity index (χ2v) is 12.5. The lowest BCUT2D eigenvalue weighted by Crippen LogP contribution is -2.64. The van der Waals surface area contributed by atoms with Gasteiger partial charge in [-0.25, -0.2) is 4.79 Å². The Morgan fingerprint density at radius 3 is 2.22 bits per heavy atom. The molecular formula is C32H38F3N7O3. The molecule has 4 heterocycles. The van der Waals surface area contributed by atoms with Crippen molar-refractivity contribution in [3.05, 3.63) is 69.4 Å². The van der Waals surface area contributed by atoms with Crippen molar-refractivity contribution in [2.45, 2.75) is 70.4 Å². The lowest BCUT2D eigenvalue weighted by molar-refractivity contribution is -0.152. The van der Waals surface area contributed by atoms with E-state index in [0.717, 1.165) is 12.1 Å². The third kappa shape index (κ3) is 6.13. The van der Waals surface area contributed by atoms with Crippen molar-refractivity contribution in [3.63, 3.8) is 0 Å². The van der Waals surface area contributed by atoms with Crippen molar-refractivity contribution >= 4 is 28.6 Å². The summed E-state index contributed by atoms with van der Waals surface area (Å²) in [7, 11) is 1.60. The Bertz CT molecular complexity index is 1670. The number of anilines is 1. The topological polar surface area (TPSA) is 99.2 Å². The van der Waals surface area contributed by atoms with Gasteiger partial charge in [-0.15, -0.1) is 4.98 Å². The fraction of sp³-hybridized carbons (Fsp3) is 0.531. The van der Waals surface area contributed by atoms with Crippen LogP contribution in [0.3, 0.4) is 0 Å². The predicted molar refractivity (Wildman–Crippen MR) is 164 cm³/mol. The first kappa shape index (κ1) is 32.4. The summed E-state index contributed by atoms with van der Waals surface area (Å²) in [4.78, 5) is 45.2. The zero-order valence-electron chi connectivity index (χ0n) is 26.0. The molecule has 1 amide bonds. The number of aryl methyl sites for hydroxylation is 1. The fourth-order valence-corrected chi connectivity index (χ4v) is 6.33. The number of aromatic nitrogens is 3. The van der Waals surface area contributed by atoms with Gasteiger partial charge < -0.3 is 19.8 Å². The number of amides is 1. The number of alkyl halides is 3. The van der Waals surface area contributed by atoms with Gasteiger partial charge in [0, 0.05) is 51.2 Å². The smallest absolute Gasteiger partial charge is 0.390 e. The number of piperazine rings is 1. The molecule has 5 rings (SSSR count). The molecule has 10 nitrogen and oxygen atoms in total. The summed E-state index contributed by atoms with van der Waals surface area (Å²) in [5, 5.41) is 10.5. The SMILES string of the molecule is [C-]#[N+]c1ccc2c(n1)c(N1C[C@@H](CC)N(C(C(=O)N3CC(C(C)(C)O)C3)c3ccc(C(F)(F)F)cc3)C[C@@H]1CC)nc(=O)n2C. The number of halogens is 3. The number of nitrogens with zero attached hydrogens (tertiary/aromatic N) is 7. The van der Waals surface area contributed by atoms with Crippen LogP contribution in [0.15, 0.2) is 41.2 Å². The molecule has 2 fully saturated rings. The van der Waals surface area contributed by atoms with Crippen LogP contribution in [0.2, 0.25) is 0 Å². The molecule has 0 saturated carbocycles. The Labute approximate surface area is 259 Å². The van der Waals surface area contributed by atoms with Crippen molar-refractivity contribution in [1.82, 2.24) is 24.3 Å². The van der Waals surface area contributed by atoms with Crippen LogP contribution in [0.5, 0.6) is 0 Å². The predicted octanol–water partition coefficient (Wildman–Crippen LogP) is 4.55. The maximum Gasteiger partial charge on any atom is 0.416 e. The van der Waals surface area contributed by atoms with Crippen LogP contribution in [0, 0.1) is 12.5 Å². The van der Waals surface area contributed by atoms with Gasteiger partial charge in [-0.1, -0.05) is 32.6 Å². The summed E-state index contributed by atoms with van der Waals surface area (Å²) < 4.78 is 41.7. The number of pyridine rings is 1. The first-order chi connectivity index (χ1) is 21.2. The molecule has 13 heteroatoms. The normalized spacial score (nSPS) is 20.6. The summed E-state index contributed by atoms with van der Waals surface area (Å²) in [5.74, 6) is 0.217. The van der Waals surface area contributed by atoms with Crippen molar-refractivity contribution in [2.24, 2.45) is 13.0 Å². The van der Waals surface area contributed by atoms with Crippen LogP contribution in [-0.2, 0) is 18.0 Å². The quantitative estimate of drug-likeness (QED) is 0.385. The van der Waals surface area contributed by atoms with E-state index in [2.05, 4.69) is 19.7 Å². The third-order valence-corrected chi connectivity index (χ3v) is 9.30. The highest BCUT2D eigenvalue weighted by atomic mass is 19.4. The molecule has 0 bridgehead atoms. The first-order valence-electron chi connectivity index (χ1n) is 15.1. The number of carbonyl (C=O) groups excluding carboxylic acids is 1. The number of carbonyl (C=O) groups is 1. The first-order valence-corrected chi connectivity index (χ1v) is 15.1. The zero-order valence-corrected chi connectivity index (χ0v) is 26.0. The Balaban J connectivity index is 1.55. The number of hydrogen-bond acceptors (Lipinski definition) is 7. The average molecular weight is 626 g/mol. The minimum absolute atomic E-state index is 0.107. The van der Waals surface area contributed by atoms with E-state index in [0.29, 0.717) is 61.4 Å². The molecule has 45 heavy (non-hydrogen) atoms. The average Bonchev–Trinajstić information content (AvgIpc) is 2.97. The Morgan fingerprint density at radius 1 is 1.02 bits per heavy atom. The highest BCUT2D eigenvalue weighted by Gasteiger charge is 2.46. The van der Waals surface area contributed by atoms with Gasteiger partial charge in [-0.05, 0) is 56.5 Å². The molecule has 240 valence electrons. The van der Waals surface area contributed by atoms with Gasteiger partial charge in [-0.3, -0.25) is 14.3 Å². The van der Waals surface area contributed by atoms with Crippen LogP contribution < -0.4 is 10.6 Å². The van der Waals surface area contributed by atoms with Gasteiger partial charge in [0.05, 0.1) is 16.7 Å². The summed E-state index contributed by atoms with van der Waals surface area (Å²) in [6.07, 6.45) is -3.29. The van der Waals surface area contributed by atoms with Crippen LogP contribution in [0.25, 0.3) is 15.9 Å². The lowest BCUT2D eigenvalue weighted by Gasteiger charge is -2.51.